The van der Waals surface area contributed by atoms with E-state index in [4.69, 9.17) is 4.74 Å². The van der Waals surface area contributed by atoms with Gasteiger partial charge in [0.15, 0.2) is 5.75 Å². The fourth-order valence-corrected chi connectivity index (χ4v) is 2.60. The molecule has 1 N–H and O–H groups in total. The molecule has 0 aliphatic rings. The van der Waals surface area contributed by atoms with Gasteiger partial charge < -0.3 is 9.84 Å². The van der Waals surface area contributed by atoms with Crippen LogP contribution in [0.3, 0.4) is 0 Å². The molecule has 2 rings (SSSR count). The van der Waals surface area contributed by atoms with Gasteiger partial charge in [-0.05, 0) is 20.8 Å². The fourth-order valence-electron chi connectivity index (χ4n) is 1.82. The third-order valence-electron chi connectivity index (χ3n) is 2.68. The molecule has 0 spiro atoms. The van der Waals surface area contributed by atoms with E-state index in [-0.39, 0.29) is 6.04 Å². The highest BCUT2D eigenvalue weighted by Crippen LogP contribution is 2.33. The summed E-state index contributed by atoms with van der Waals surface area (Å²) in [6, 6.07) is 0.160. The first-order chi connectivity index (χ1) is 8.54. The second-order valence-corrected chi connectivity index (χ2v) is 5.59. The quantitative estimate of drug-likeness (QED) is 0.923. The van der Waals surface area contributed by atoms with E-state index in [9.17, 15) is 5.11 Å². The van der Waals surface area contributed by atoms with Gasteiger partial charge in [-0.15, -0.1) is 11.3 Å². The first-order valence-electron chi connectivity index (χ1n) is 5.76. The molecule has 0 aromatic carbocycles. The zero-order valence-electron chi connectivity index (χ0n) is 10.9. The molecule has 0 saturated carbocycles. The lowest BCUT2D eigenvalue weighted by Gasteiger charge is -2.15. The van der Waals surface area contributed by atoms with Crippen LogP contribution in [-0.2, 0) is 0 Å². The van der Waals surface area contributed by atoms with Crippen LogP contribution >= 0.6 is 11.3 Å². The van der Waals surface area contributed by atoms with Gasteiger partial charge >= 0.3 is 0 Å². The Bertz CT molecular complexity index is 533. The summed E-state index contributed by atoms with van der Waals surface area (Å²) in [5.74, 6) is 0.599. The maximum absolute atomic E-state index is 10.5. The number of nitrogens with zero attached hydrogens (tertiary/aromatic N) is 3. The van der Waals surface area contributed by atoms with Crippen molar-refractivity contribution >= 4 is 11.3 Å². The summed E-state index contributed by atoms with van der Waals surface area (Å²) in [6.45, 7) is 5.94. The van der Waals surface area contributed by atoms with Gasteiger partial charge in [0.2, 0.25) is 0 Å². The predicted octanol–water partition coefficient (Wildman–Crippen LogP) is 2.32. The molecule has 18 heavy (non-hydrogen) atoms. The zero-order valence-corrected chi connectivity index (χ0v) is 11.7. The smallest absolute Gasteiger partial charge is 0.163 e. The number of rotatable bonds is 4. The van der Waals surface area contributed by atoms with Crippen molar-refractivity contribution in [1.29, 1.82) is 0 Å². The Balaban J connectivity index is 2.45. The largest absolute Gasteiger partial charge is 0.493 e. The van der Waals surface area contributed by atoms with Crippen LogP contribution in [0.1, 0.15) is 41.6 Å². The van der Waals surface area contributed by atoms with Gasteiger partial charge in [-0.1, -0.05) is 0 Å². The first kappa shape index (κ1) is 13.0. The lowest BCUT2D eigenvalue weighted by atomic mass is 10.2. The first-order valence-corrected chi connectivity index (χ1v) is 6.58. The van der Waals surface area contributed by atoms with E-state index in [2.05, 4.69) is 10.1 Å². The molecular formula is C12H17N3O2S. The number of aliphatic hydroxyl groups excluding tert-OH is 1. The highest BCUT2D eigenvalue weighted by atomic mass is 32.1. The minimum Gasteiger partial charge on any atom is -0.493 e. The van der Waals surface area contributed by atoms with Crippen molar-refractivity contribution in [2.24, 2.45) is 0 Å². The van der Waals surface area contributed by atoms with E-state index in [0.717, 1.165) is 9.88 Å². The average molecular weight is 267 g/mol. The summed E-state index contributed by atoms with van der Waals surface area (Å²) < 4.78 is 7.04. The monoisotopic (exact) mass is 267 g/mol. The molecule has 6 heteroatoms. The Kier molecular flexibility index (Phi) is 3.68. The molecular weight excluding hydrogens is 250 g/mol. The summed E-state index contributed by atoms with van der Waals surface area (Å²) in [5.41, 5.74) is 0.677. The van der Waals surface area contributed by atoms with Gasteiger partial charge in [0.1, 0.15) is 11.8 Å². The summed E-state index contributed by atoms with van der Waals surface area (Å²) in [7, 11) is 1.58. The molecule has 1 unspecified atom stereocenters. The number of methoxy groups -OCH3 is 1. The van der Waals surface area contributed by atoms with Crippen molar-refractivity contribution in [3.8, 4) is 5.75 Å². The third-order valence-corrected chi connectivity index (χ3v) is 3.64. The normalized spacial score (nSPS) is 13.0. The Hall–Kier alpha value is -1.40. The van der Waals surface area contributed by atoms with Gasteiger partial charge in [-0.2, -0.15) is 5.10 Å². The molecule has 0 saturated heterocycles. The molecule has 5 nitrogen and oxygen atoms in total. The van der Waals surface area contributed by atoms with Crippen LogP contribution in [0.5, 0.6) is 5.75 Å². The Morgan fingerprint density at radius 3 is 2.61 bits per heavy atom. The average Bonchev–Trinajstić information content (AvgIpc) is 2.93. The summed E-state index contributed by atoms with van der Waals surface area (Å²) >= 11 is 1.48. The Morgan fingerprint density at radius 1 is 1.39 bits per heavy atom. The number of aromatic nitrogens is 3. The Morgan fingerprint density at radius 2 is 2.11 bits per heavy atom. The summed E-state index contributed by atoms with van der Waals surface area (Å²) in [5, 5.41) is 15.7. The summed E-state index contributed by atoms with van der Waals surface area (Å²) in [4.78, 5) is 4.96. The van der Waals surface area contributed by atoms with Gasteiger partial charge in [0, 0.05) is 12.2 Å². The van der Waals surface area contributed by atoms with Crippen LogP contribution in [0.2, 0.25) is 0 Å². The standard InChI is InChI=1S/C12H17N3O2S/c1-7(2)15-11(9(17-4)5-14-15)12(16)10-6-13-8(3)18-10/h5-7,12,16H,1-4H3. The van der Waals surface area contributed by atoms with E-state index in [1.807, 2.05) is 20.8 Å². The molecule has 0 amide bonds. The topological polar surface area (TPSA) is 60.2 Å². The molecule has 0 aliphatic heterocycles. The number of aryl methyl sites for hydroxylation is 1. The van der Waals surface area contributed by atoms with Gasteiger partial charge in [0.05, 0.1) is 23.2 Å². The third kappa shape index (κ3) is 2.26. The highest BCUT2D eigenvalue weighted by molar-refractivity contribution is 7.11. The fraction of sp³-hybridized carbons (Fsp3) is 0.500. The van der Waals surface area contributed by atoms with Crippen LogP contribution in [0.4, 0.5) is 0 Å². The van der Waals surface area contributed by atoms with Crippen molar-refractivity contribution in [1.82, 2.24) is 14.8 Å². The maximum Gasteiger partial charge on any atom is 0.163 e. The SMILES string of the molecule is COc1cnn(C(C)C)c1C(O)c1cnc(C)s1. The van der Waals surface area contributed by atoms with E-state index in [1.165, 1.54) is 11.3 Å². The number of aliphatic hydroxyl groups is 1. The van der Waals surface area contributed by atoms with Crippen LogP contribution in [0.15, 0.2) is 12.4 Å². The molecule has 2 aromatic rings. The van der Waals surface area contributed by atoms with Crippen LogP contribution < -0.4 is 4.74 Å². The van der Waals surface area contributed by atoms with Crippen molar-refractivity contribution in [3.05, 3.63) is 28.0 Å². The molecule has 2 heterocycles. The minimum absolute atomic E-state index is 0.160. The predicted molar refractivity (Wildman–Crippen MR) is 70.1 cm³/mol. The molecule has 98 valence electrons. The molecule has 0 fully saturated rings. The lowest BCUT2D eigenvalue weighted by molar-refractivity contribution is 0.203. The van der Waals surface area contributed by atoms with Crippen molar-refractivity contribution in [2.75, 3.05) is 7.11 Å². The second-order valence-electron chi connectivity index (χ2n) is 4.32. The number of ether oxygens (including phenoxy) is 1. The molecule has 0 radical (unpaired) electrons. The second kappa shape index (κ2) is 5.07. The number of hydrogen-bond acceptors (Lipinski definition) is 5. The van der Waals surface area contributed by atoms with Crippen molar-refractivity contribution < 1.29 is 9.84 Å². The summed E-state index contributed by atoms with van der Waals surface area (Å²) in [6.07, 6.45) is 2.57. The van der Waals surface area contributed by atoms with E-state index >= 15 is 0 Å². The molecule has 0 aliphatic carbocycles. The molecule has 1 atom stereocenters. The lowest BCUT2D eigenvalue weighted by Crippen LogP contribution is -2.12. The van der Waals surface area contributed by atoms with Crippen LogP contribution in [-0.4, -0.2) is 27.0 Å². The highest BCUT2D eigenvalue weighted by Gasteiger charge is 2.24. The number of hydrogen-bond donors (Lipinski definition) is 1. The molecule has 0 bridgehead atoms. The zero-order chi connectivity index (χ0) is 13.3. The van der Waals surface area contributed by atoms with Gasteiger partial charge in [-0.3, -0.25) is 4.68 Å². The van der Waals surface area contributed by atoms with E-state index in [0.29, 0.717) is 11.4 Å². The van der Waals surface area contributed by atoms with Gasteiger partial charge in [-0.25, -0.2) is 4.98 Å². The van der Waals surface area contributed by atoms with E-state index < -0.39 is 6.10 Å². The van der Waals surface area contributed by atoms with Crippen LogP contribution in [0.25, 0.3) is 0 Å². The minimum atomic E-state index is -0.754. The van der Waals surface area contributed by atoms with E-state index in [1.54, 1.807) is 24.2 Å². The maximum atomic E-state index is 10.5. The van der Waals surface area contributed by atoms with Gasteiger partial charge in [0.25, 0.3) is 0 Å². The van der Waals surface area contributed by atoms with Crippen LogP contribution in [0, 0.1) is 6.92 Å². The Labute approximate surface area is 110 Å². The van der Waals surface area contributed by atoms with Crippen molar-refractivity contribution in [2.45, 2.75) is 32.9 Å². The molecule has 2 aromatic heterocycles. The number of thiazole rings is 1. The van der Waals surface area contributed by atoms with Crippen molar-refractivity contribution in [3.63, 3.8) is 0 Å².